The van der Waals surface area contributed by atoms with E-state index in [-0.39, 0.29) is 11.3 Å². The summed E-state index contributed by atoms with van der Waals surface area (Å²) in [6, 6.07) is 9.52. The van der Waals surface area contributed by atoms with Crippen molar-refractivity contribution in [2.45, 2.75) is 27.2 Å². The number of amides is 1. The quantitative estimate of drug-likeness (QED) is 0.691. The van der Waals surface area contributed by atoms with Gasteiger partial charge in [0.25, 0.3) is 5.91 Å². The predicted octanol–water partition coefficient (Wildman–Crippen LogP) is 3.51. The molecule has 1 aromatic rings. The number of carbonyl (C=O) groups is 1. The Morgan fingerprint density at radius 1 is 1.17 bits per heavy atom. The molecule has 18 heavy (non-hydrogen) atoms. The predicted molar refractivity (Wildman–Crippen MR) is 74.5 cm³/mol. The molecular formula is C16H21NO. The van der Waals surface area contributed by atoms with E-state index in [9.17, 15) is 4.79 Å². The highest BCUT2D eigenvalue weighted by Gasteiger charge is 2.23. The molecule has 1 amide bonds. The molecule has 1 aliphatic rings. The third-order valence-electron chi connectivity index (χ3n) is 3.48. The second kappa shape index (κ2) is 4.97. The Bertz CT molecular complexity index is 454. The fraction of sp³-hybridized carbons (Fsp3) is 0.438. The maximum atomic E-state index is 12.3. The number of hydrogen-bond acceptors (Lipinski definition) is 1. The highest BCUT2D eigenvalue weighted by molar-refractivity contribution is 5.94. The minimum Gasteiger partial charge on any atom is -0.335 e. The van der Waals surface area contributed by atoms with Crippen LogP contribution in [0.3, 0.4) is 0 Å². The molecule has 1 heterocycles. The Morgan fingerprint density at radius 3 is 2.33 bits per heavy atom. The molecule has 1 aromatic carbocycles. The zero-order chi connectivity index (χ0) is 13.2. The van der Waals surface area contributed by atoms with Crippen LogP contribution < -0.4 is 0 Å². The molecule has 2 rings (SSSR count). The lowest BCUT2D eigenvalue weighted by Gasteiger charge is -2.32. The number of carbonyl (C=O) groups excluding carboxylic acids is 1. The second-order valence-corrected chi connectivity index (χ2v) is 5.85. The van der Waals surface area contributed by atoms with Gasteiger partial charge in [0.05, 0.1) is 0 Å². The van der Waals surface area contributed by atoms with E-state index in [0.717, 1.165) is 25.1 Å². The van der Waals surface area contributed by atoms with Crippen LogP contribution in [0.4, 0.5) is 0 Å². The maximum Gasteiger partial charge on any atom is 0.254 e. The monoisotopic (exact) mass is 243 g/mol. The van der Waals surface area contributed by atoms with Crippen molar-refractivity contribution >= 4 is 5.91 Å². The molecule has 0 N–H and O–H groups in total. The molecule has 0 aromatic heterocycles. The van der Waals surface area contributed by atoms with Crippen molar-refractivity contribution in [2.75, 3.05) is 13.1 Å². The van der Waals surface area contributed by atoms with E-state index < -0.39 is 0 Å². The van der Waals surface area contributed by atoms with Gasteiger partial charge in [0.2, 0.25) is 0 Å². The zero-order valence-corrected chi connectivity index (χ0v) is 11.4. The first kappa shape index (κ1) is 12.9. The fourth-order valence-electron chi connectivity index (χ4n) is 2.30. The molecule has 2 nitrogen and oxygen atoms in total. The summed E-state index contributed by atoms with van der Waals surface area (Å²) in [6.07, 6.45) is 3.20. The van der Waals surface area contributed by atoms with Crippen molar-refractivity contribution in [2.24, 2.45) is 5.41 Å². The Labute approximate surface area is 109 Å². The van der Waals surface area contributed by atoms with Crippen LogP contribution in [0.15, 0.2) is 42.0 Å². The zero-order valence-electron chi connectivity index (χ0n) is 11.4. The molecule has 0 spiro atoms. The van der Waals surface area contributed by atoms with E-state index in [1.54, 1.807) is 0 Å². The molecular weight excluding hydrogens is 222 g/mol. The van der Waals surface area contributed by atoms with Crippen LogP contribution in [0.1, 0.15) is 37.6 Å². The molecule has 0 saturated heterocycles. The molecule has 0 bridgehead atoms. The van der Waals surface area contributed by atoms with Crippen molar-refractivity contribution in [1.29, 1.82) is 0 Å². The van der Waals surface area contributed by atoms with Gasteiger partial charge in [0, 0.05) is 18.7 Å². The summed E-state index contributed by atoms with van der Waals surface area (Å²) in [4.78, 5) is 14.2. The van der Waals surface area contributed by atoms with Gasteiger partial charge in [-0.25, -0.2) is 0 Å². The van der Waals surface area contributed by atoms with Crippen molar-refractivity contribution in [3.05, 3.63) is 47.5 Å². The minimum atomic E-state index is 0.139. The lowest BCUT2D eigenvalue weighted by molar-refractivity contribution is 0.0765. The van der Waals surface area contributed by atoms with Crippen LogP contribution in [0.2, 0.25) is 0 Å². The van der Waals surface area contributed by atoms with Gasteiger partial charge in [0.15, 0.2) is 0 Å². The Hall–Kier alpha value is -1.57. The van der Waals surface area contributed by atoms with Gasteiger partial charge in [-0.1, -0.05) is 50.6 Å². The van der Waals surface area contributed by atoms with Crippen LogP contribution in [0.25, 0.3) is 0 Å². The van der Waals surface area contributed by atoms with Gasteiger partial charge in [-0.2, -0.15) is 0 Å². The van der Waals surface area contributed by atoms with Crippen LogP contribution in [-0.4, -0.2) is 23.9 Å². The van der Waals surface area contributed by atoms with E-state index in [4.69, 9.17) is 0 Å². The van der Waals surface area contributed by atoms with E-state index >= 15 is 0 Å². The molecule has 0 saturated carbocycles. The summed E-state index contributed by atoms with van der Waals surface area (Å²) in [5.41, 5.74) is 2.46. The summed E-state index contributed by atoms with van der Waals surface area (Å²) < 4.78 is 0. The van der Waals surface area contributed by atoms with Crippen molar-refractivity contribution in [3.8, 4) is 0 Å². The topological polar surface area (TPSA) is 20.3 Å². The van der Waals surface area contributed by atoms with Gasteiger partial charge >= 0.3 is 0 Å². The average Bonchev–Trinajstić information content (AvgIpc) is 2.38. The van der Waals surface area contributed by atoms with Gasteiger partial charge in [-0.05, 0) is 24.0 Å². The molecule has 0 atom stereocenters. The van der Waals surface area contributed by atoms with Crippen molar-refractivity contribution < 1.29 is 4.79 Å². The largest absolute Gasteiger partial charge is 0.335 e. The summed E-state index contributed by atoms with van der Waals surface area (Å²) in [6.45, 7) is 8.26. The molecule has 0 radical (unpaired) electrons. The highest BCUT2D eigenvalue weighted by Crippen LogP contribution is 2.30. The standard InChI is InChI=1S/C16H21NO/c1-16(2,3)14-9-11-17(12-10-14)15(18)13-7-5-4-6-8-13/h4-9H,10-12H2,1-3H3. The highest BCUT2D eigenvalue weighted by atomic mass is 16.2. The van der Waals surface area contributed by atoms with Crippen LogP contribution in [-0.2, 0) is 0 Å². The smallest absolute Gasteiger partial charge is 0.254 e. The molecule has 0 fully saturated rings. The Kier molecular flexibility index (Phi) is 3.55. The molecule has 96 valence electrons. The first-order valence-electron chi connectivity index (χ1n) is 6.52. The van der Waals surface area contributed by atoms with E-state index in [1.165, 1.54) is 5.57 Å². The van der Waals surface area contributed by atoms with Crippen molar-refractivity contribution in [3.63, 3.8) is 0 Å². The number of rotatable bonds is 1. The van der Waals surface area contributed by atoms with Gasteiger partial charge in [-0.15, -0.1) is 0 Å². The first-order valence-corrected chi connectivity index (χ1v) is 6.52. The Balaban J connectivity index is 2.07. The number of hydrogen-bond donors (Lipinski definition) is 0. The average molecular weight is 243 g/mol. The van der Waals surface area contributed by atoms with E-state index in [2.05, 4.69) is 26.8 Å². The van der Waals surface area contributed by atoms with Crippen molar-refractivity contribution in [1.82, 2.24) is 4.90 Å². The minimum absolute atomic E-state index is 0.139. The Morgan fingerprint density at radius 2 is 1.83 bits per heavy atom. The van der Waals surface area contributed by atoms with E-state index in [1.807, 2.05) is 35.2 Å². The molecule has 0 unspecified atom stereocenters. The normalized spacial score (nSPS) is 16.4. The van der Waals surface area contributed by atoms with Crippen LogP contribution >= 0.6 is 0 Å². The fourth-order valence-corrected chi connectivity index (χ4v) is 2.30. The summed E-state index contributed by atoms with van der Waals surface area (Å²) in [7, 11) is 0. The summed E-state index contributed by atoms with van der Waals surface area (Å²) in [5.74, 6) is 0.139. The summed E-state index contributed by atoms with van der Waals surface area (Å²) >= 11 is 0. The number of benzene rings is 1. The third-order valence-corrected chi connectivity index (χ3v) is 3.48. The second-order valence-electron chi connectivity index (χ2n) is 5.85. The van der Waals surface area contributed by atoms with Gasteiger partial charge < -0.3 is 4.90 Å². The molecule has 1 aliphatic heterocycles. The lowest BCUT2D eigenvalue weighted by Crippen LogP contribution is -2.36. The van der Waals surface area contributed by atoms with Gasteiger partial charge in [-0.3, -0.25) is 4.79 Å². The SMILES string of the molecule is CC(C)(C)C1=CCN(C(=O)c2ccccc2)CC1. The van der Waals surface area contributed by atoms with Crippen LogP contribution in [0, 0.1) is 5.41 Å². The van der Waals surface area contributed by atoms with Crippen LogP contribution in [0.5, 0.6) is 0 Å². The first-order chi connectivity index (χ1) is 8.48. The third kappa shape index (κ3) is 2.81. The maximum absolute atomic E-state index is 12.3. The molecule has 0 aliphatic carbocycles. The summed E-state index contributed by atoms with van der Waals surface area (Å²) in [5, 5.41) is 0. The van der Waals surface area contributed by atoms with Gasteiger partial charge in [0.1, 0.15) is 0 Å². The molecule has 2 heteroatoms. The van der Waals surface area contributed by atoms with E-state index in [0.29, 0.717) is 0 Å². The number of nitrogens with zero attached hydrogens (tertiary/aromatic N) is 1. The lowest BCUT2D eigenvalue weighted by atomic mass is 9.83.